The summed E-state index contributed by atoms with van der Waals surface area (Å²) in [6.45, 7) is 0.938. The van der Waals surface area contributed by atoms with Crippen LogP contribution in [0.1, 0.15) is 31.2 Å². The van der Waals surface area contributed by atoms with Crippen LogP contribution in [0.3, 0.4) is 0 Å². The Morgan fingerprint density at radius 2 is 1.83 bits per heavy atom. The summed E-state index contributed by atoms with van der Waals surface area (Å²) in [6.07, 6.45) is 3.29. The molecule has 1 amide bonds. The molecule has 0 spiro atoms. The lowest BCUT2D eigenvalue weighted by atomic mass is 10.0. The Morgan fingerprint density at radius 3 is 2.59 bits per heavy atom. The molecule has 2 aromatic rings. The molecular weight excluding hydrogens is 388 g/mol. The number of rotatable bonds is 8. The van der Waals surface area contributed by atoms with Gasteiger partial charge in [0.25, 0.3) is 0 Å². The quantitative estimate of drug-likeness (QED) is 0.718. The molecule has 0 radical (unpaired) electrons. The van der Waals surface area contributed by atoms with Gasteiger partial charge in [0.2, 0.25) is 15.9 Å². The lowest BCUT2D eigenvalue weighted by molar-refractivity contribution is -0.122. The summed E-state index contributed by atoms with van der Waals surface area (Å²) in [5.74, 6) is 0.675. The van der Waals surface area contributed by atoms with Crippen LogP contribution in [0.4, 0.5) is 0 Å². The molecule has 0 bridgehead atoms. The first-order valence-electron chi connectivity index (χ1n) is 9.98. The van der Waals surface area contributed by atoms with Gasteiger partial charge in [-0.1, -0.05) is 42.8 Å². The van der Waals surface area contributed by atoms with Gasteiger partial charge in [0, 0.05) is 25.6 Å². The van der Waals surface area contributed by atoms with Crippen molar-refractivity contribution in [3.63, 3.8) is 0 Å². The van der Waals surface area contributed by atoms with Crippen molar-refractivity contribution in [1.82, 2.24) is 9.62 Å². The third kappa shape index (κ3) is 5.36. The summed E-state index contributed by atoms with van der Waals surface area (Å²) < 4.78 is 32.9. The van der Waals surface area contributed by atoms with E-state index in [1.54, 1.807) is 37.4 Å². The van der Waals surface area contributed by atoms with Crippen LogP contribution in [0.15, 0.2) is 59.5 Å². The van der Waals surface area contributed by atoms with Crippen molar-refractivity contribution in [2.75, 3.05) is 20.2 Å². The second-order valence-electron chi connectivity index (χ2n) is 7.19. The number of nitrogens with zero attached hydrogens (tertiary/aromatic N) is 1. The number of carbonyl (C=O) groups excluding carboxylic acids is 1. The summed E-state index contributed by atoms with van der Waals surface area (Å²) in [6, 6.07) is 15.9. The maximum atomic E-state index is 13.0. The molecule has 2 aromatic carbocycles. The first-order valence-corrected chi connectivity index (χ1v) is 11.4. The first-order chi connectivity index (χ1) is 14.0. The monoisotopic (exact) mass is 416 g/mol. The van der Waals surface area contributed by atoms with E-state index in [0.717, 1.165) is 24.2 Å². The zero-order chi connectivity index (χ0) is 20.7. The van der Waals surface area contributed by atoms with Crippen LogP contribution in [0.2, 0.25) is 0 Å². The van der Waals surface area contributed by atoms with Crippen molar-refractivity contribution in [3.05, 3.63) is 60.2 Å². The summed E-state index contributed by atoms with van der Waals surface area (Å²) in [4.78, 5) is 12.8. The summed E-state index contributed by atoms with van der Waals surface area (Å²) >= 11 is 0. The first kappa shape index (κ1) is 21.3. The van der Waals surface area contributed by atoms with Gasteiger partial charge in [-0.2, -0.15) is 4.31 Å². The van der Waals surface area contributed by atoms with E-state index >= 15 is 0 Å². The van der Waals surface area contributed by atoms with E-state index in [1.807, 2.05) is 24.3 Å². The second kappa shape index (κ2) is 9.89. The minimum absolute atomic E-state index is 0.125. The average molecular weight is 417 g/mol. The van der Waals surface area contributed by atoms with Crippen molar-refractivity contribution in [2.24, 2.45) is 0 Å². The van der Waals surface area contributed by atoms with Crippen LogP contribution < -0.4 is 10.1 Å². The highest BCUT2D eigenvalue weighted by Crippen LogP contribution is 2.27. The van der Waals surface area contributed by atoms with Gasteiger partial charge in [-0.25, -0.2) is 8.42 Å². The van der Waals surface area contributed by atoms with Crippen LogP contribution in [0, 0.1) is 0 Å². The summed E-state index contributed by atoms with van der Waals surface area (Å²) in [7, 11) is -1.97. The van der Waals surface area contributed by atoms with Gasteiger partial charge in [-0.3, -0.25) is 4.79 Å². The van der Waals surface area contributed by atoms with Crippen LogP contribution >= 0.6 is 0 Å². The van der Waals surface area contributed by atoms with Crippen molar-refractivity contribution in [1.29, 1.82) is 0 Å². The molecule has 1 aliphatic heterocycles. The molecule has 3 rings (SSSR count). The third-order valence-electron chi connectivity index (χ3n) is 5.25. The smallest absolute Gasteiger partial charge is 0.243 e. The summed E-state index contributed by atoms with van der Waals surface area (Å²) in [5.41, 5.74) is 1.03. The van der Waals surface area contributed by atoms with Gasteiger partial charge in [-0.05, 0) is 43.0 Å². The normalized spacial score (nSPS) is 17.6. The highest BCUT2D eigenvalue weighted by atomic mass is 32.2. The SMILES string of the molecule is COc1ccccc1CCNC(=O)C[C@H]1CCCCN1S(=O)(=O)c1ccccc1. The van der Waals surface area contributed by atoms with Gasteiger partial charge in [0.15, 0.2) is 0 Å². The fourth-order valence-corrected chi connectivity index (χ4v) is 5.47. The molecular formula is C22H28N2O4S. The Balaban J connectivity index is 1.59. The van der Waals surface area contributed by atoms with E-state index in [-0.39, 0.29) is 23.3 Å². The number of nitrogens with one attached hydrogen (secondary N) is 1. The maximum Gasteiger partial charge on any atom is 0.243 e. The molecule has 156 valence electrons. The minimum atomic E-state index is -3.59. The van der Waals surface area contributed by atoms with Gasteiger partial charge in [0.1, 0.15) is 5.75 Å². The highest BCUT2D eigenvalue weighted by molar-refractivity contribution is 7.89. The molecule has 0 aromatic heterocycles. The number of hydrogen-bond donors (Lipinski definition) is 1. The third-order valence-corrected chi connectivity index (χ3v) is 7.22. The van der Waals surface area contributed by atoms with Crippen molar-refractivity contribution in [2.45, 2.75) is 43.0 Å². The molecule has 0 unspecified atom stereocenters. The fourth-order valence-electron chi connectivity index (χ4n) is 3.75. The molecule has 7 heteroatoms. The number of para-hydroxylation sites is 1. The molecule has 6 nitrogen and oxygen atoms in total. The number of ether oxygens (including phenoxy) is 1. The van der Waals surface area contributed by atoms with Crippen LogP contribution in [-0.4, -0.2) is 44.9 Å². The topological polar surface area (TPSA) is 75.7 Å². The van der Waals surface area contributed by atoms with E-state index in [9.17, 15) is 13.2 Å². The predicted molar refractivity (Wildman–Crippen MR) is 112 cm³/mol. The standard InChI is InChI=1S/C22H28N2O4S/c1-28-21-13-6-5-9-18(21)14-15-23-22(25)17-19-10-7-8-16-24(19)29(26,27)20-11-3-2-4-12-20/h2-6,9,11-13,19H,7-8,10,14-17H2,1H3,(H,23,25)/t19-/m1/s1. The lowest BCUT2D eigenvalue weighted by Crippen LogP contribution is -2.46. The molecule has 0 aliphatic carbocycles. The van der Waals surface area contributed by atoms with Crippen LogP contribution in [0.5, 0.6) is 5.75 Å². The zero-order valence-electron chi connectivity index (χ0n) is 16.7. The average Bonchev–Trinajstić information content (AvgIpc) is 2.75. The number of hydrogen-bond acceptors (Lipinski definition) is 4. The number of piperidine rings is 1. The second-order valence-corrected chi connectivity index (χ2v) is 9.08. The number of benzene rings is 2. The maximum absolute atomic E-state index is 13.0. The molecule has 1 atom stereocenters. The van der Waals surface area contributed by atoms with Gasteiger partial charge < -0.3 is 10.1 Å². The highest BCUT2D eigenvalue weighted by Gasteiger charge is 2.34. The lowest BCUT2D eigenvalue weighted by Gasteiger charge is -2.34. The fraction of sp³-hybridized carbons (Fsp3) is 0.409. The molecule has 1 N–H and O–H groups in total. The van der Waals surface area contributed by atoms with Gasteiger partial charge >= 0.3 is 0 Å². The van der Waals surface area contributed by atoms with E-state index in [0.29, 0.717) is 25.9 Å². The Bertz CT molecular complexity index is 915. The number of sulfonamides is 1. The number of amides is 1. The van der Waals surface area contributed by atoms with E-state index in [2.05, 4.69) is 5.32 Å². The molecule has 1 fully saturated rings. The van der Waals surface area contributed by atoms with Gasteiger partial charge in [-0.15, -0.1) is 0 Å². The number of carbonyl (C=O) groups is 1. The minimum Gasteiger partial charge on any atom is -0.496 e. The van der Waals surface area contributed by atoms with E-state index in [4.69, 9.17) is 4.74 Å². The van der Waals surface area contributed by atoms with E-state index < -0.39 is 10.0 Å². The number of methoxy groups -OCH3 is 1. The molecule has 1 heterocycles. The van der Waals surface area contributed by atoms with Crippen LogP contribution in [0.25, 0.3) is 0 Å². The summed E-state index contributed by atoms with van der Waals surface area (Å²) in [5, 5.41) is 2.93. The Hall–Kier alpha value is -2.38. The van der Waals surface area contributed by atoms with Crippen molar-refractivity contribution >= 4 is 15.9 Å². The van der Waals surface area contributed by atoms with Gasteiger partial charge in [0.05, 0.1) is 12.0 Å². The Morgan fingerprint density at radius 1 is 1.10 bits per heavy atom. The van der Waals surface area contributed by atoms with E-state index in [1.165, 1.54) is 4.31 Å². The molecule has 29 heavy (non-hydrogen) atoms. The molecule has 1 saturated heterocycles. The van der Waals surface area contributed by atoms with Crippen molar-refractivity contribution in [3.8, 4) is 5.75 Å². The Labute approximate surface area is 172 Å². The molecule has 0 saturated carbocycles. The predicted octanol–water partition coefficient (Wildman–Crippen LogP) is 2.99. The van der Waals surface area contributed by atoms with Crippen molar-refractivity contribution < 1.29 is 17.9 Å². The Kier molecular flexibility index (Phi) is 7.28. The largest absolute Gasteiger partial charge is 0.496 e. The zero-order valence-corrected chi connectivity index (χ0v) is 17.5. The van der Waals surface area contributed by atoms with Crippen LogP contribution in [-0.2, 0) is 21.2 Å². The molecule has 1 aliphatic rings.